The number of carbonyl (C=O) groups excluding carboxylic acids is 1. The lowest BCUT2D eigenvalue weighted by molar-refractivity contribution is -0.168. The SMILES string of the molecule is CCN(C(=O)CC12CC3CC(CC(O)(C3)C1)C2)c1ccccc1. The van der Waals surface area contributed by atoms with Gasteiger partial charge in [-0.15, -0.1) is 0 Å². The standard InChI is InChI=1S/C20H27NO2/c1-2-21(17-6-4-3-5-7-17)18(22)13-19-9-15-8-16(10-19)12-20(23,11-15)14-19/h3-7,15-16,23H,2,8-14H2,1H3. The van der Waals surface area contributed by atoms with Gasteiger partial charge in [0.1, 0.15) is 0 Å². The summed E-state index contributed by atoms with van der Waals surface area (Å²) >= 11 is 0. The lowest BCUT2D eigenvalue weighted by Crippen LogP contribution is -2.56. The summed E-state index contributed by atoms with van der Waals surface area (Å²) in [5.41, 5.74) is 0.565. The third-order valence-corrected chi connectivity index (χ3v) is 6.36. The smallest absolute Gasteiger partial charge is 0.227 e. The van der Waals surface area contributed by atoms with Crippen LogP contribution in [0.2, 0.25) is 0 Å². The van der Waals surface area contributed by atoms with Gasteiger partial charge in [-0.3, -0.25) is 4.79 Å². The van der Waals surface area contributed by atoms with Gasteiger partial charge in [-0.1, -0.05) is 18.2 Å². The number of rotatable bonds is 4. The Labute approximate surface area is 138 Å². The number of amides is 1. The molecule has 0 saturated heterocycles. The number of nitrogens with zero attached hydrogens (tertiary/aromatic N) is 1. The second-order valence-electron chi connectivity index (χ2n) is 8.34. The number of benzene rings is 1. The van der Waals surface area contributed by atoms with E-state index in [-0.39, 0.29) is 11.3 Å². The highest BCUT2D eigenvalue weighted by Crippen LogP contribution is 2.62. The molecule has 0 spiro atoms. The first-order valence-corrected chi connectivity index (χ1v) is 9.09. The highest BCUT2D eigenvalue weighted by atomic mass is 16.3. The lowest BCUT2D eigenvalue weighted by atomic mass is 9.47. The summed E-state index contributed by atoms with van der Waals surface area (Å²) in [6.07, 6.45) is 6.93. The van der Waals surface area contributed by atoms with Gasteiger partial charge in [0.05, 0.1) is 5.60 Å². The van der Waals surface area contributed by atoms with Crippen LogP contribution in [0.15, 0.2) is 30.3 Å². The Balaban J connectivity index is 1.54. The Morgan fingerprint density at radius 2 is 1.83 bits per heavy atom. The van der Waals surface area contributed by atoms with Crippen molar-refractivity contribution in [2.24, 2.45) is 17.3 Å². The lowest BCUT2D eigenvalue weighted by Gasteiger charge is -2.60. The van der Waals surface area contributed by atoms with Crippen molar-refractivity contribution < 1.29 is 9.90 Å². The minimum absolute atomic E-state index is 0.0537. The molecule has 4 bridgehead atoms. The van der Waals surface area contributed by atoms with E-state index in [9.17, 15) is 9.90 Å². The topological polar surface area (TPSA) is 40.5 Å². The number of carbonyl (C=O) groups is 1. The van der Waals surface area contributed by atoms with Crippen LogP contribution >= 0.6 is 0 Å². The van der Waals surface area contributed by atoms with Crippen molar-refractivity contribution in [3.63, 3.8) is 0 Å². The van der Waals surface area contributed by atoms with Gasteiger partial charge in [0, 0.05) is 18.7 Å². The van der Waals surface area contributed by atoms with Gasteiger partial charge in [0.2, 0.25) is 5.91 Å². The molecule has 4 aliphatic rings. The second kappa shape index (κ2) is 5.34. The summed E-state index contributed by atoms with van der Waals surface area (Å²) < 4.78 is 0. The Hall–Kier alpha value is -1.35. The van der Waals surface area contributed by atoms with E-state index in [1.165, 1.54) is 6.42 Å². The van der Waals surface area contributed by atoms with Gasteiger partial charge in [0.25, 0.3) is 0 Å². The molecule has 3 heteroatoms. The van der Waals surface area contributed by atoms with Crippen LogP contribution in [-0.2, 0) is 4.79 Å². The minimum Gasteiger partial charge on any atom is -0.390 e. The van der Waals surface area contributed by atoms with Crippen molar-refractivity contribution in [1.82, 2.24) is 0 Å². The van der Waals surface area contributed by atoms with E-state index in [4.69, 9.17) is 0 Å². The monoisotopic (exact) mass is 313 g/mol. The predicted molar refractivity (Wildman–Crippen MR) is 91.2 cm³/mol. The summed E-state index contributed by atoms with van der Waals surface area (Å²) in [6, 6.07) is 9.97. The first kappa shape index (κ1) is 15.2. The van der Waals surface area contributed by atoms with Gasteiger partial charge < -0.3 is 10.0 Å². The Bertz CT molecular complexity index is 583. The molecular formula is C20H27NO2. The predicted octanol–water partition coefficient (Wildman–Crippen LogP) is 3.76. The van der Waals surface area contributed by atoms with E-state index >= 15 is 0 Å². The maximum Gasteiger partial charge on any atom is 0.227 e. The van der Waals surface area contributed by atoms with E-state index in [1.54, 1.807) is 0 Å². The van der Waals surface area contributed by atoms with Crippen molar-refractivity contribution in [1.29, 1.82) is 0 Å². The Kier molecular flexibility index (Phi) is 3.53. The van der Waals surface area contributed by atoms with Crippen LogP contribution in [0.25, 0.3) is 0 Å². The van der Waals surface area contributed by atoms with Crippen LogP contribution in [0.5, 0.6) is 0 Å². The molecule has 2 atom stereocenters. The Morgan fingerprint density at radius 1 is 1.17 bits per heavy atom. The zero-order chi connectivity index (χ0) is 16.1. The number of anilines is 1. The van der Waals surface area contributed by atoms with Crippen molar-refractivity contribution in [3.05, 3.63) is 30.3 Å². The molecule has 1 aromatic rings. The van der Waals surface area contributed by atoms with Crippen LogP contribution in [0.4, 0.5) is 5.69 Å². The summed E-state index contributed by atoms with van der Waals surface area (Å²) in [7, 11) is 0. The van der Waals surface area contributed by atoms with Crippen LogP contribution in [0.1, 0.15) is 51.9 Å². The summed E-state index contributed by atoms with van der Waals surface area (Å²) in [6.45, 7) is 2.74. The quantitative estimate of drug-likeness (QED) is 0.919. The first-order chi connectivity index (χ1) is 11.0. The highest BCUT2D eigenvalue weighted by Gasteiger charge is 2.57. The maximum absolute atomic E-state index is 13.0. The van der Waals surface area contributed by atoms with Crippen molar-refractivity contribution in [3.8, 4) is 0 Å². The third-order valence-electron chi connectivity index (χ3n) is 6.36. The molecule has 4 aliphatic carbocycles. The summed E-state index contributed by atoms with van der Waals surface area (Å²) in [5.74, 6) is 1.51. The molecule has 0 heterocycles. The molecular weight excluding hydrogens is 286 g/mol. The van der Waals surface area contributed by atoms with Gasteiger partial charge in [-0.05, 0) is 74.8 Å². The number of aliphatic hydroxyl groups is 1. The molecule has 1 amide bonds. The molecule has 4 fully saturated rings. The molecule has 1 aromatic carbocycles. The fourth-order valence-corrected chi connectivity index (χ4v) is 6.14. The van der Waals surface area contributed by atoms with Crippen LogP contribution in [-0.4, -0.2) is 23.2 Å². The number of hydrogen-bond acceptors (Lipinski definition) is 2. The largest absolute Gasteiger partial charge is 0.390 e. The fraction of sp³-hybridized carbons (Fsp3) is 0.650. The highest BCUT2D eigenvalue weighted by molar-refractivity contribution is 5.93. The van der Waals surface area contributed by atoms with Gasteiger partial charge in [0.15, 0.2) is 0 Å². The molecule has 5 rings (SSSR count). The third kappa shape index (κ3) is 2.69. The summed E-state index contributed by atoms with van der Waals surface area (Å²) in [4.78, 5) is 14.9. The zero-order valence-electron chi connectivity index (χ0n) is 14.0. The normalized spacial score (nSPS) is 37.8. The van der Waals surface area contributed by atoms with Gasteiger partial charge in [-0.25, -0.2) is 0 Å². The van der Waals surface area contributed by atoms with E-state index in [2.05, 4.69) is 0 Å². The molecule has 23 heavy (non-hydrogen) atoms. The second-order valence-corrected chi connectivity index (χ2v) is 8.34. The van der Waals surface area contributed by atoms with Gasteiger partial charge in [-0.2, -0.15) is 0 Å². The average molecular weight is 313 g/mol. The zero-order valence-corrected chi connectivity index (χ0v) is 14.0. The number of para-hydroxylation sites is 1. The maximum atomic E-state index is 13.0. The van der Waals surface area contributed by atoms with Crippen LogP contribution < -0.4 is 4.90 Å². The van der Waals surface area contributed by atoms with Crippen LogP contribution in [0.3, 0.4) is 0 Å². The molecule has 3 nitrogen and oxygen atoms in total. The van der Waals surface area contributed by atoms with E-state index in [0.717, 1.165) is 37.8 Å². The van der Waals surface area contributed by atoms with E-state index < -0.39 is 5.60 Å². The van der Waals surface area contributed by atoms with E-state index in [0.29, 0.717) is 24.8 Å². The molecule has 0 aliphatic heterocycles. The Morgan fingerprint density at radius 3 is 2.39 bits per heavy atom. The average Bonchev–Trinajstić information content (AvgIpc) is 2.45. The van der Waals surface area contributed by atoms with Crippen LogP contribution in [0, 0.1) is 17.3 Å². The van der Waals surface area contributed by atoms with Gasteiger partial charge >= 0.3 is 0 Å². The molecule has 4 saturated carbocycles. The fourth-order valence-electron chi connectivity index (χ4n) is 6.14. The number of hydrogen-bond donors (Lipinski definition) is 1. The van der Waals surface area contributed by atoms with Crippen molar-refractivity contribution >= 4 is 11.6 Å². The van der Waals surface area contributed by atoms with E-state index in [1.807, 2.05) is 42.2 Å². The molecule has 124 valence electrons. The first-order valence-electron chi connectivity index (χ1n) is 9.09. The van der Waals surface area contributed by atoms with Crippen molar-refractivity contribution in [2.45, 2.75) is 57.5 Å². The van der Waals surface area contributed by atoms with Crippen molar-refractivity contribution in [2.75, 3.05) is 11.4 Å². The summed E-state index contributed by atoms with van der Waals surface area (Å²) in [5, 5.41) is 10.9. The molecule has 0 radical (unpaired) electrons. The molecule has 0 aromatic heterocycles. The minimum atomic E-state index is -0.478. The molecule has 1 N–H and O–H groups in total. The molecule has 2 unspecified atom stereocenters.